The van der Waals surface area contributed by atoms with Crippen LogP contribution in [0.25, 0.3) is 0 Å². The van der Waals surface area contributed by atoms with Crippen LogP contribution < -0.4 is 4.74 Å². The molecule has 0 aliphatic carbocycles. The summed E-state index contributed by atoms with van der Waals surface area (Å²) in [5.74, 6) is -0.285. The number of hydrogen-bond donors (Lipinski definition) is 1. The van der Waals surface area contributed by atoms with E-state index in [1.165, 1.54) is 14.0 Å². The Labute approximate surface area is 100 Å². The Morgan fingerprint density at radius 3 is 2.76 bits per heavy atom. The van der Waals surface area contributed by atoms with Crippen LogP contribution in [0.1, 0.15) is 37.1 Å². The Morgan fingerprint density at radius 2 is 2.24 bits per heavy atom. The molecule has 0 saturated heterocycles. The lowest BCUT2D eigenvalue weighted by Crippen LogP contribution is -2.00. The molecule has 0 bridgehead atoms. The number of rotatable bonds is 6. The van der Waals surface area contributed by atoms with E-state index < -0.39 is 12.1 Å². The minimum atomic E-state index is -1.09. The highest BCUT2D eigenvalue weighted by molar-refractivity contribution is 5.66. The Morgan fingerprint density at radius 1 is 1.53 bits per heavy atom. The predicted octanol–water partition coefficient (Wildman–Crippen LogP) is 3.13. The summed E-state index contributed by atoms with van der Waals surface area (Å²) in [4.78, 5) is 10.4. The molecular formula is C13H17FO3. The standard InChI is InChI=1S/C13H17FO3/c1-9(14)11-7-3-5-10(13(11)17-2)6-4-8-12(15)16/h3,5,7,9H,4,6,8H2,1-2H3,(H,15,16). The lowest BCUT2D eigenvalue weighted by atomic mass is 10.0. The second kappa shape index (κ2) is 6.23. The molecule has 0 amide bonds. The van der Waals surface area contributed by atoms with Crippen molar-refractivity contribution >= 4 is 5.97 Å². The molecule has 0 radical (unpaired) electrons. The van der Waals surface area contributed by atoms with Crippen LogP contribution in [0.2, 0.25) is 0 Å². The first-order chi connectivity index (χ1) is 8.06. The van der Waals surface area contributed by atoms with Crippen molar-refractivity contribution in [2.45, 2.75) is 32.4 Å². The van der Waals surface area contributed by atoms with Gasteiger partial charge in [0.05, 0.1) is 7.11 Å². The number of methoxy groups -OCH3 is 1. The van der Waals surface area contributed by atoms with Crippen molar-refractivity contribution in [2.75, 3.05) is 7.11 Å². The summed E-state index contributed by atoms with van der Waals surface area (Å²) in [7, 11) is 1.50. The number of halogens is 1. The quantitative estimate of drug-likeness (QED) is 0.830. The van der Waals surface area contributed by atoms with Gasteiger partial charge in [-0.15, -0.1) is 0 Å². The average Bonchev–Trinajstić information content (AvgIpc) is 2.28. The number of aliphatic carboxylic acids is 1. The summed E-state index contributed by atoms with van der Waals surface area (Å²) in [5.41, 5.74) is 1.37. The van der Waals surface area contributed by atoms with Gasteiger partial charge in [-0.3, -0.25) is 4.79 Å². The number of para-hydroxylation sites is 1. The van der Waals surface area contributed by atoms with Gasteiger partial charge in [-0.05, 0) is 25.3 Å². The Hall–Kier alpha value is -1.58. The molecule has 0 aliphatic rings. The van der Waals surface area contributed by atoms with Gasteiger partial charge in [0.1, 0.15) is 11.9 Å². The van der Waals surface area contributed by atoms with Crippen LogP contribution in [0.4, 0.5) is 4.39 Å². The Kier molecular flexibility index (Phi) is 4.94. The van der Waals surface area contributed by atoms with Crippen molar-refractivity contribution in [3.05, 3.63) is 29.3 Å². The fraction of sp³-hybridized carbons (Fsp3) is 0.462. The Balaban J connectivity index is 2.84. The monoisotopic (exact) mass is 240 g/mol. The van der Waals surface area contributed by atoms with E-state index in [2.05, 4.69) is 0 Å². The van der Waals surface area contributed by atoms with Gasteiger partial charge in [-0.2, -0.15) is 0 Å². The lowest BCUT2D eigenvalue weighted by Gasteiger charge is -2.14. The normalized spacial score (nSPS) is 12.2. The maximum atomic E-state index is 13.3. The summed E-state index contributed by atoms with van der Waals surface area (Å²) in [6.45, 7) is 1.46. The van der Waals surface area contributed by atoms with E-state index >= 15 is 0 Å². The van der Waals surface area contributed by atoms with Crippen molar-refractivity contribution in [3.8, 4) is 5.75 Å². The Bertz CT molecular complexity index is 388. The topological polar surface area (TPSA) is 46.5 Å². The van der Waals surface area contributed by atoms with Gasteiger partial charge in [0.25, 0.3) is 0 Å². The van der Waals surface area contributed by atoms with Gasteiger partial charge in [0.2, 0.25) is 0 Å². The summed E-state index contributed by atoms with van der Waals surface area (Å²) in [6.07, 6.45) is 0.120. The van der Waals surface area contributed by atoms with Crippen LogP contribution in [-0.2, 0) is 11.2 Å². The second-order valence-corrected chi connectivity index (χ2v) is 3.90. The summed E-state index contributed by atoms with van der Waals surface area (Å²) in [5, 5.41) is 8.57. The molecule has 1 rings (SSSR count). The van der Waals surface area contributed by atoms with Gasteiger partial charge < -0.3 is 9.84 Å². The van der Waals surface area contributed by atoms with E-state index in [9.17, 15) is 9.18 Å². The minimum Gasteiger partial charge on any atom is -0.496 e. The molecule has 4 heteroatoms. The maximum Gasteiger partial charge on any atom is 0.303 e. The van der Waals surface area contributed by atoms with Crippen molar-refractivity contribution in [1.29, 1.82) is 0 Å². The third-order valence-electron chi connectivity index (χ3n) is 2.60. The van der Waals surface area contributed by atoms with Crippen LogP contribution in [0.5, 0.6) is 5.75 Å². The smallest absolute Gasteiger partial charge is 0.303 e. The molecule has 1 N–H and O–H groups in total. The molecule has 0 saturated carbocycles. The van der Waals surface area contributed by atoms with E-state index in [0.29, 0.717) is 24.2 Å². The number of carboxylic acids is 1. The highest BCUT2D eigenvalue weighted by atomic mass is 19.1. The minimum absolute atomic E-state index is 0.110. The molecule has 0 heterocycles. The van der Waals surface area contributed by atoms with Crippen LogP contribution in [0.3, 0.4) is 0 Å². The number of benzene rings is 1. The third kappa shape index (κ3) is 3.73. The largest absolute Gasteiger partial charge is 0.496 e. The van der Waals surface area contributed by atoms with Crippen molar-refractivity contribution in [3.63, 3.8) is 0 Å². The molecule has 0 fully saturated rings. The molecule has 94 valence electrons. The van der Waals surface area contributed by atoms with E-state index in [0.717, 1.165) is 5.56 Å². The molecular weight excluding hydrogens is 223 g/mol. The summed E-state index contributed by atoms with van der Waals surface area (Å²) >= 11 is 0. The van der Waals surface area contributed by atoms with Gasteiger partial charge in [0.15, 0.2) is 0 Å². The van der Waals surface area contributed by atoms with Crippen LogP contribution in [0, 0.1) is 0 Å². The molecule has 3 nitrogen and oxygen atoms in total. The number of alkyl halides is 1. The van der Waals surface area contributed by atoms with Crippen LogP contribution in [0.15, 0.2) is 18.2 Å². The third-order valence-corrected chi connectivity index (χ3v) is 2.60. The number of carbonyl (C=O) groups is 1. The fourth-order valence-electron chi connectivity index (χ4n) is 1.79. The van der Waals surface area contributed by atoms with Crippen molar-refractivity contribution in [2.24, 2.45) is 0 Å². The summed E-state index contributed by atoms with van der Waals surface area (Å²) in [6, 6.07) is 5.29. The van der Waals surface area contributed by atoms with E-state index in [4.69, 9.17) is 9.84 Å². The first-order valence-corrected chi connectivity index (χ1v) is 5.58. The highest BCUT2D eigenvalue weighted by Crippen LogP contribution is 2.31. The van der Waals surface area contributed by atoms with Crippen molar-refractivity contribution < 1.29 is 19.0 Å². The molecule has 1 atom stereocenters. The number of carboxylic acid groups (broad SMARTS) is 1. The van der Waals surface area contributed by atoms with E-state index in [-0.39, 0.29) is 6.42 Å². The molecule has 0 aliphatic heterocycles. The second-order valence-electron chi connectivity index (χ2n) is 3.90. The first-order valence-electron chi connectivity index (χ1n) is 5.58. The molecule has 1 aromatic rings. The highest BCUT2D eigenvalue weighted by Gasteiger charge is 2.13. The molecule has 1 aromatic carbocycles. The summed E-state index contributed by atoms with van der Waals surface area (Å²) < 4.78 is 18.5. The SMILES string of the molecule is COc1c(CCCC(=O)O)cccc1C(C)F. The lowest BCUT2D eigenvalue weighted by molar-refractivity contribution is -0.137. The first kappa shape index (κ1) is 13.5. The van der Waals surface area contributed by atoms with Crippen molar-refractivity contribution in [1.82, 2.24) is 0 Å². The zero-order valence-corrected chi connectivity index (χ0v) is 10.1. The van der Waals surface area contributed by atoms with E-state index in [1.54, 1.807) is 12.1 Å². The zero-order valence-electron chi connectivity index (χ0n) is 10.1. The average molecular weight is 240 g/mol. The number of ether oxygens (including phenoxy) is 1. The fourth-order valence-corrected chi connectivity index (χ4v) is 1.79. The molecule has 0 aromatic heterocycles. The van der Waals surface area contributed by atoms with Crippen LogP contribution >= 0.6 is 0 Å². The molecule has 17 heavy (non-hydrogen) atoms. The van der Waals surface area contributed by atoms with Crippen LogP contribution in [-0.4, -0.2) is 18.2 Å². The van der Waals surface area contributed by atoms with Gasteiger partial charge >= 0.3 is 5.97 Å². The number of aryl methyl sites for hydroxylation is 1. The maximum absolute atomic E-state index is 13.3. The predicted molar refractivity (Wildman–Crippen MR) is 63.1 cm³/mol. The van der Waals surface area contributed by atoms with E-state index in [1.807, 2.05) is 6.07 Å². The molecule has 1 unspecified atom stereocenters. The van der Waals surface area contributed by atoms with Gasteiger partial charge in [-0.25, -0.2) is 4.39 Å². The zero-order chi connectivity index (χ0) is 12.8. The van der Waals surface area contributed by atoms with Gasteiger partial charge in [-0.1, -0.05) is 18.2 Å². The van der Waals surface area contributed by atoms with Gasteiger partial charge in [0, 0.05) is 12.0 Å². The molecule has 0 spiro atoms. The number of hydrogen-bond acceptors (Lipinski definition) is 2.